The minimum Gasteiger partial charge on any atom is -0.472 e. The molecule has 2 aromatic heterocycles. The molecule has 1 unspecified atom stereocenters. The second-order valence-electron chi connectivity index (χ2n) is 6.85. The minimum absolute atomic E-state index is 0.0549. The van der Waals surface area contributed by atoms with Crippen LogP contribution in [0.25, 0.3) is 11.1 Å². The summed E-state index contributed by atoms with van der Waals surface area (Å²) < 4.78 is 11.7. The lowest BCUT2D eigenvalue weighted by Crippen LogP contribution is -2.45. The Morgan fingerprint density at radius 3 is 2.96 bits per heavy atom. The van der Waals surface area contributed by atoms with E-state index in [1.54, 1.807) is 0 Å². The van der Waals surface area contributed by atoms with Crippen LogP contribution in [0.5, 0.6) is 5.88 Å². The summed E-state index contributed by atoms with van der Waals surface area (Å²) in [4.78, 5) is 27.5. The number of para-hydroxylation sites is 2. The van der Waals surface area contributed by atoms with Gasteiger partial charge in [-0.1, -0.05) is 23.9 Å². The highest BCUT2D eigenvalue weighted by atomic mass is 32.2. The molecule has 1 atom stereocenters. The first-order valence-corrected chi connectivity index (χ1v) is 10.3. The number of nitrogens with zero attached hydrogens (tertiary/aromatic N) is 4. The zero-order valence-electron chi connectivity index (χ0n) is 15.9. The number of aromatic nitrogens is 3. The number of amides is 1. The van der Waals surface area contributed by atoms with Gasteiger partial charge in [-0.15, -0.1) is 0 Å². The largest absolute Gasteiger partial charge is 0.472 e. The van der Waals surface area contributed by atoms with Gasteiger partial charge in [0.15, 0.2) is 5.58 Å². The Labute approximate surface area is 167 Å². The molecule has 3 heterocycles. The number of carbonyl (C=O) groups is 1. The number of fused-ring (bicyclic) bond motifs is 1. The van der Waals surface area contributed by atoms with Crippen molar-refractivity contribution >= 4 is 28.8 Å². The van der Waals surface area contributed by atoms with Crippen molar-refractivity contribution in [2.75, 3.05) is 18.8 Å². The summed E-state index contributed by atoms with van der Waals surface area (Å²) in [7, 11) is 0. The van der Waals surface area contributed by atoms with E-state index in [-0.39, 0.29) is 12.0 Å². The molecule has 0 spiro atoms. The van der Waals surface area contributed by atoms with Gasteiger partial charge in [0.05, 0.1) is 12.3 Å². The highest BCUT2D eigenvalue weighted by Crippen LogP contribution is 2.24. The Morgan fingerprint density at radius 2 is 2.14 bits per heavy atom. The minimum atomic E-state index is -0.0549. The fourth-order valence-corrected chi connectivity index (χ4v) is 4.04. The number of hydrogen-bond donors (Lipinski definition) is 0. The molecule has 1 aliphatic rings. The number of hydrogen-bond acceptors (Lipinski definition) is 7. The monoisotopic (exact) mass is 398 g/mol. The SMILES string of the molecule is Cc1cc(OC2CCCN(C(=O)CSc3nc4ccccc4o3)C2)nc(C)n1. The van der Waals surface area contributed by atoms with Gasteiger partial charge in [0.25, 0.3) is 5.22 Å². The molecule has 0 saturated carbocycles. The number of aryl methyl sites for hydroxylation is 2. The van der Waals surface area contributed by atoms with Crippen LogP contribution in [0, 0.1) is 13.8 Å². The number of rotatable bonds is 5. The number of ether oxygens (including phenoxy) is 1. The van der Waals surface area contributed by atoms with Gasteiger partial charge in [-0.3, -0.25) is 4.79 Å². The van der Waals surface area contributed by atoms with Crippen LogP contribution < -0.4 is 4.74 Å². The number of benzene rings is 1. The maximum absolute atomic E-state index is 12.6. The second kappa shape index (κ2) is 8.18. The average molecular weight is 398 g/mol. The van der Waals surface area contributed by atoms with Crippen molar-refractivity contribution in [2.24, 2.45) is 0 Å². The predicted octanol–water partition coefficient (Wildman–Crippen LogP) is 3.40. The van der Waals surface area contributed by atoms with Gasteiger partial charge in [0.2, 0.25) is 11.8 Å². The van der Waals surface area contributed by atoms with Crippen molar-refractivity contribution in [1.82, 2.24) is 19.9 Å². The molecule has 0 bridgehead atoms. The van der Waals surface area contributed by atoms with Crippen LogP contribution in [0.15, 0.2) is 40.0 Å². The number of piperidine rings is 1. The molecule has 8 heteroatoms. The molecule has 146 valence electrons. The van der Waals surface area contributed by atoms with Crippen LogP contribution in [-0.4, -0.2) is 50.7 Å². The normalized spacial score (nSPS) is 17.1. The molecule has 1 fully saturated rings. The van der Waals surface area contributed by atoms with Gasteiger partial charge in [-0.25, -0.2) is 9.97 Å². The summed E-state index contributed by atoms with van der Waals surface area (Å²) >= 11 is 1.33. The van der Waals surface area contributed by atoms with E-state index in [1.807, 2.05) is 49.1 Å². The zero-order valence-corrected chi connectivity index (χ0v) is 16.7. The maximum Gasteiger partial charge on any atom is 0.257 e. The van der Waals surface area contributed by atoms with E-state index in [4.69, 9.17) is 9.15 Å². The van der Waals surface area contributed by atoms with E-state index in [0.29, 0.717) is 29.2 Å². The van der Waals surface area contributed by atoms with Crippen molar-refractivity contribution in [3.8, 4) is 5.88 Å². The molecule has 0 N–H and O–H groups in total. The van der Waals surface area contributed by atoms with Crippen molar-refractivity contribution in [2.45, 2.75) is 38.0 Å². The van der Waals surface area contributed by atoms with Crippen molar-refractivity contribution in [3.63, 3.8) is 0 Å². The smallest absolute Gasteiger partial charge is 0.257 e. The van der Waals surface area contributed by atoms with Crippen molar-refractivity contribution in [1.29, 1.82) is 0 Å². The Bertz CT molecular complexity index is 937. The van der Waals surface area contributed by atoms with Gasteiger partial charge in [0.1, 0.15) is 17.4 Å². The van der Waals surface area contributed by atoms with E-state index in [1.165, 1.54) is 11.8 Å². The molecular formula is C20H22N4O3S. The first-order chi connectivity index (χ1) is 13.6. The quantitative estimate of drug-likeness (QED) is 0.609. The van der Waals surface area contributed by atoms with Gasteiger partial charge in [-0.2, -0.15) is 4.98 Å². The molecule has 7 nitrogen and oxygen atoms in total. The number of thioether (sulfide) groups is 1. The molecule has 3 aromatic rings. The predicted molar refractivity (Wildman–Crippen MR) is 106 cm³/mol. The lowest BCUT2D eigenvalue weighted by molar-refractivity contribution is -0.131. The van der Waals surface area contributed by atoms with E-state index < -0.39 is 0 Å². The van der Waals surface area contributed by atoms with Crippen molar-refractivity contribution in [3.05, 3.63) is 41.9 Å². The van der Waals surface area contributed by atoms with Gasteiger partial charge < -0.3 is 14.1 Å². The number of oxazole rings is 1. The van der Waals surface area contributed by atoms with E-state index >= 15 is 0 Å². The van der Waals surface area contributed by atoms with E-state index in [2.05, 4.69) is 15.0 Å². The Hall–Kier alpha value is -2.61. The molecule has 4 rings (SSSR count). The molecule has 0 radical (unpaired) electrons. The topological polar surface area (TPSA) is 81.4 Å². The summed E-state index contributed by atoms with van der Waals surface area (Å²) in [5.41, 5.74) is 2.42. The molecule has 28 heavy (non-hydrogen) atoms. The highest BCUT2D eigenvalue weighted by molar-refractivity contribution is 7.99. The van der Waals surface area contributed by atoms with Gasteiger partial charge >= 0.3 is 0 Å². The van der Waals surface area contributed by atoms with Crippen LogP contribution in [0.3, 0.4) is 0 Å². The van der Waals surface area contributed by atoms with E-state index in [0.717, 1.165) is 36.2 Å². The standard InChI is InChI=1S/C20H22N4O3S/c1-13-10-18(22-14(2)21-13)26-15-6-5-9-24(11-15)19(25)12-28-20-23-16-7-3-4-8-17(16)27-20/h3-4,7-8,10,15H,5-6,9,11-12H2,1-2H3. The molecule has 1 saturated heterocycles. The number of likely N-dealkylation sites (tertiary alicyclic amines) is 1. The zero-order chi connectivity index (χ0) is 19.5. The Kier molecular flexibility index (Phi) is 5.47. The third-order valence-electron chi connectivity index (χ3n) is 4.55. The Morgan fingerprint density at radius 1 is 1.29 bits per heavy atom. The van der Waals surface area contributed by atoms with Crippen molar-refractivity contribution < 1.29 is 13.9 Å². The Balaban J connectivity index is 1.33. The lowest BCUT2D eigenvalue weighted by atomic mass is 10.1. The summed E-state index contributed by atoms with van der Waals surface area (Å²) in [6, 6.07) is 9.42. The first kappa shape index (κ1) is 18.7. The summed E-state index contributed by atoms with van der Waals surface area (Å²) in [5.74, 6) is 1.62. The van der Waals surface area contributed by atoms with Crippen LogP contribution >= 0.6 is 11.8 Å². The van der Waals surface area contributed by atoms with Crippen LogP contribution in [0.2, 0.25) is 0 Å². The number of carbonyl (C=O) groups excluding carboxylic acids is 1. The lowest BCUT2D eigenvalue weighted by Gasteiger charge is -2.32. The highest BCUT2D eigenvalue weighted by Gasteiger charge is 2.25. The summed E-state index contributed by atoms with van der Waals surface area (Å²) in [6.45, 7) is 5.07. The average Bonchev–Trinajstić information content (AvgIpc) is 3.08. The van der Waals surface area contributed by atoms with Crippen LogP contribution in [0.1, 0.15) is 24.4 Å². The second-order valence-corrected chi connectivity index (χ2v) is 7.78. The third kappa shape index (κ3) is 4.44. The maximum atomic E-state index is 12.6. The van der Waals surface area contributed by atoms with Crippen LogP contribution in [0.4, 0.5) is 0 Å². The molecule has 0 aliphatic carbocycles. The van der Waals surface area contributed by atoms with Crippen LogP contribution in [-0.2, 0) is 4.79 Å². The summed E-state index contributed by atoms with van der Waals surface area (Å²) in [5, 5.41) is 0.520. The molecular weight excluding hydrogens is 376 g/mol. The van der Waals surface area contributed by atoms with Gasteiger partial charge in [0, 0.05) is 18.3 Å². The fraction of sp³-hybridized carbons (Fsp3) is 0.400. The first-order valence-electron chi connectivity index (χ1n) is 9.32. The third-order valence-corrected chi connectivity index (χ3v) is 5.37. The van der Waals surface area contributed by atoms with E-state index in [9.17, 15) is 4.79 Å². The molecule has 1 aromatic carbocycles. The summed E-state index contributed by atoms with van der Waals surface area (Å²) in [6.07, 6.45) is 1.76. The molecule has 1 aliphatic heterocycles. The molecule has 1 amide bonds. The fourth-order valence-electron chi connectivity index (χ4n) is 3.30. The van der Waals surface area contributed by atoms with Gasteiger partial charge in [-0.05, 0) is 38.8 Å².